The first-order valence-corrected chi connectivity index (χ1v) is 7.23. The Morgan fingerprint density at radius 3 is 2.42 bits per heavy atom. The van der Waals surface area contributed by atoms with Gasteiger partial charge in [-0.2, -0.15) is 5.26 Å². The lowest BCUT2D eigenvalue weighted by molar-refractivity contribution is -0.119. The number of nitrogens with zero attached hydrogens (tertiary/aromatic N) is 2. The summed E-state index contributed by atoms with van der Waals surface area (Å²) in [5, 5.41) is 33.9. The summed E-state index contributed by atoms with van der Waals surface area (Å²) in [7, 11) is 0. The van der Waals surface area contributed by atoms with Crippen LogP contribution in [-0.2, 0) is 11.2 Å². The Morgan fingerprint density at radius 2 is 1.88 bits per heavy atom. The Hall–Kier alpha value is -3.93. The lowest BCUT2D eigenvalue weighted by Gasteiger charge is -2.09. The number of anilines is 1. The van der Waals surface area contributed by atoms with Crippen LogP contribution in [0.1, 0.15) is 16.7 Å². The third-order valence-corrected chi connectivity index (χ3v) is 3.30. The van der Waals surface area contributed by atoms with Crippen LogP contribution in [0.5, 0.6) is 0 Å². The summed E-state index contributed by atoms with van der Waals surface area (Å²) < 4.78 is 13.8. The molecule has 2 aromatic rings. The van der Waals surface area contributed by atoms with Gasteiger partial charge in [0.2, 0.25) is 5.91 Å². The van der Waals surface area contributed by atoms with Crippen LogP contribution < -0.4 is 10.6 Å². The normalized spacial score (nSPS) is 10.7. The average molecular weight is 356 g/mol. The van der Waals surface area contributed by atoms with Gasteiger partial charge >= 0.3 is 6.09 Å². The zero-order chi connectivity index (χ0) is 19.1. The van der Waals surface area contributed by atoms with E-state index in [-0.39, 0.29) is 23.4 Å². The molecule has 2 aromatic carbocycles. The molecule has 132 valence electrons. The summed E-state index contributed by atoms with van der Waals surface area (Å²) in [6.07, 6.45) is -1.55. The maximum atomic E-state index is 13.8. The van der Waals surface area contributed by atoms with Crippen LogP contribution in [0.25, 0.3) is 0 Å². The van der Waals surface area contributed by atoms with Gasteiger partial charge in [-0.05, 0) is 42.0 Å². The van der Waals surface area contributed by atoms with E-state index in [0.29, 0.717) is 11.3 Å². The van der Waals surface area contributed by atoms with Gasteiger partial charge in [0, 0.05) is 11.3 Å². The van der Waals surface area contributed by atoms with Crippen LogP contribution in [0.2, 0.25) is 0 Å². The number of nitriles is 1. The molecule has 0 radical (unpaired) electrons. The second-order valence-electron chi connectivity index (χ2n) is 5.10. The fraction of sp³-hybridized carbons (Fsp3) is 0.0588. The Morgan fingerprint density at radius 1 is 1.19 bits per heavy atom. The number of halogens is 1. The van der Waals surface area contributed by atoms with Crippen molar-refractivity contribution in [3.8, 4) is 6.07 Å². The lowest BCUT2D eigenvalue weighted by Crippen LogP contribution is -2.32. The van der Waals surface area contributed by atoms with Crippen LogP contribution in [0, 0.1) is 17.1 Å². The van der Waals surface area contributed by atoms with Crippen LogP contribution in [0.15, 0.2) is 47.6 Å². The van der Waals surface area contributed by atoms with E-state index in [1.54, 1.807) is 6.07 Å². The summed E-state index contributed by atoms with van der Waals surface area (Å²) in [4.78, 5) is 22.6. The van der Waals surface area contributed by atoms with Gasteiger partial charge in [0.25, 0.3) is 0 Å². The van der Waals surface area contributed by atoms with Gasteiger partial charge in [-0.25, -0.2) is 9.18 Å². The number of carboxylic acid groups (broad SMARTS) is 1. The van der Waals surface area contributed by atoms with Gasteiger partial charge in [-0.15, -0.1) is 0 Å². The molecule has 0 unspecified atom stereocenters. The van der Waals surface area contributed by atoms with Gasteiger partial charge in [0.05, 0.1) is 18.1 Å². The van der Waals surface area contributed by atoms with E-state index in [0.717, 1.165) is 6.07 Å². The fourth-order valence-corrected chi connectivity index (χ4v) is 2.10. The molecule has 0 aliphatic heterocycles. The van der Waals surface area contributed by atoms with Crippen molar-refractivity contribution in [3.63, 3.8) is 0 Å². The number of nitrogens with one attached hydrogen (secondary N) is 2. The molecule has 0 atom stereocenters. The van der Waals surface area contributed by atoms with Gasteiger partial charge in [0.1, 0.15) is 5.82 Å². The summed E-state index contributed by atoms with van der Waals surface area (Å²) in [6, 6.07) is 11.2. The average Bonchev–Trinajstić information content (AvgIpc) is 2.61. The predicted molar refractivity (Wildman–Crippen MR) is 89.4 cm³/mol. The van der Waals surface area contributed by atoms with Crippen LogP contribution in [0.4, 0.5) is 14.9 Å². The van der Waals surface area contributed by atoms with Crippen molar-refractivity contribution in [2.45, 2.75) is 6.42 Å². The standard InChI is InChI=1S/C17H13FN4O4/c18-14-7-10(9-19)1-2-12(14)8-15(23)21-16(22-26)11-3-5-13(6-4-11)20-17(24)25/h1-7,20,26H,8H2,(H,24,25)(H,21,22,23). The fourth-order valence-electron chi connectivity index (χ4n) is 2.10. The molecule has 0 aliphatic rings. The maximum Gasteiger partial charge on any atom is 0.409 e. The summed E-state index contributed by atoms with van der Waals surface area (Å²) in [5.41, 5.74) is 0.834. The summed E-state index contributed by atoms with van der Waals surface area (Å²) in [5.74, 6) is -1.49. The minimum Gasteiger partial charge on any atom is -0.465 e. The minimum absolute atomic E-state index is 0.0831. The van der Waals surface area contributed by atoms with Crippen LogP contribution >= 0.6 is 0 Å². The first-order chi connectivity index (χ1) is 12.4. The largest absolute Gasteiger partial charge is 0.465 e. The van der Waals surface area contributed by atoms with E-state index in [1.165, 1.54) is 36.4 Å². The van der Waals surface area contributed by atoms with Crippen molar-refractivity contribution in [3.05, 3.63) is 65.0 Å². The first-order valence-electron chi connectivity index (χ1n) is 7.23. The predicted octanol–water partition coefficient (Wildman–Crippen LogP) is 2.28. The molecular formula is C17H13FN4O4. The number of hydrogen-bond donors (Lipinski definition) is 4. The lowest BCUT2D eigenvalue weighted by atomic mass is 10.1. The SMILES string of the molecule is N#Cc1ccc(CC(=O)N/C(=N/O)c2ccc(NC(=O)O)cc2)c(F)c1. The van der Waals surface area contributed by atoms with Gasteiger partial charge in [-0.3, -0.25) is 10.1 Å². The molecule has 0 aliphatic carbocycles. The number of carbonyl (C=O) groups is 2. The van der Waals surface area contributed by atoms with Gasteiger partial charge in [0.15, 0.2) is 5.84 Å². The Labute approximate surface area is 147 Å². The smallest absolute Gasteiger partial charge is 0.409 e. The quantitative estimate of drug-likeness (QED) is 0.288. The van der Waals surface area contributed by atoms with E-state index in [4.69, 9.17) is 15.6 Å². The summed E-state index contributed by atoms with van der Waals surface area (Å²) >= 11 is 0. The van der Waals surface area contributed by atoms with Crippen LogP contribution in [-0.4, -0.2) is 28.1 Å². The van der Waals surface area contributed by atoms with E-state index in [1.807, 2.05) is 0 Å². The summed E-state index contributed by atoms with van der Waals surface area (Å²) in [6.45, 7) is 0. The van der Waals surface area contributed by atoms with Crippen molar-refractivity contribution in [1.82, 2.24) is 5.32 Å². The van der Waals surface area contributed by atoms with Crippen molar-refractivity contribution in [1.29, 1.82) is 5.26 Å². The highest BCUT2D eigenvalue weighted by Crippen LogP contribution is 2.12. The zero-order valence-corrected chi connectivity index (χ0v) is 13.2. The number of hydrogen-bond acceptors (Lipinski definition) is 5. The molecule has 2 amide bonds. The van der Waals surface area contributed by atoms with Crippen molar-refractivity contribution >= 4 is 23.5 Å². The van der Waals surface area contributed by atoms with E-state index in [9.17, 15) is 14.0 Å². The highest BCUT2D eigenvalue weighted by molar-refractivity contribution is 6.08. The molecule has 26 heavy (non-hydrogen) atoms. The molecule has 0 heterocycles. The number of amides is 2. The minimum atomic E-state index is -1.23. The van der Waals surface area contributed by atoms with Gasteiger partial charge < -0.3 is 15.6 Å². The molecule has 9 heteroatoms. The van der Waals surface area contributed by atoms with Crippen molar-refractivity contribution in [2.75, 3.05) is 5.32 Å². The first kappa shape index (κ1) is 18.4. The van der Waals surface area contributed by atoms with Crippen molar-refractivity contribution < 1.29 is 24.3 Å². The Balaban J connectivity index is 2.07. The molecule has 4 N–H and O–H groups in total. The topological polar surface area (TPSA) is 135 Å². The number of rotatable bonds is 4. The van der Waals surface area contributed by atoms with E-state index in [2.05, 4.69) is 15.8 Å². The molecule has 0 fully saturated rings. The monoisotopic (exact) mass is 356 g/mol. The molecule has 0 bridgehead atoms. The van der Waals surface area contributed by atoms with E-state index < -0.39 is 17.8 Å². The highest BCUT2D eigenvalue weighted by Gasteiger charge is 2.13. The third-order valence-electron chi connectivity index (χ3n) is 3.30. The van der Waals surface area contributed by atoms with E-state index >= 15 is 0 Å². The number of amidine groups is 1. The number of oxime groups is 1. The number of benzene rings is 2. The Bertz CT molecular complexity index is 904. The Kier molecular flexibility index (Phi) is 5.84. The third kappa shape index (κ3) is 4.78. The molecule has 0 saturated heterocycles. The second kappa shape index (κ2) is 8.25. The molecule has 0 aromatic heterocycles. The number of carbonyl (C=O) groups excluding carboxylic acids is 1. The molecular weight excluding hydrogens is 343 g/mol. The molecule has 2 rings (SSSR count). The molecule has 0 spiro atoms. The zero-order valence-electron chi connectivity index (χ0n) is 13.2. The second-order valence-corrected chi connectivity index (χ2v) is 5.10. The van der Waals surface area contributed by atoms with Crippen LogP contribution in [0.3, 0.4) is 0 Å². The maximum absolute atomic E-state index is 13.8. The molecule has 0 saturated carbocycles. The molecule has 8 nitrogen and oxygen atoms in total. The highest BCUT2D eigenvalue weighted by atomic mass is 19.1. The van der Waals surface area contributed by atoms with Gasteiger partial charge in [-0.1, -0.05) is 11.2 Å². The van der Waals surface area contributed by atoms with Crippen molar-refractivity contribution in [2.24, 2.45) is 5.16 Å².